The Bertz CT molecular complexity index is 1190. The van der Waals surface area contributed by atoms with E-state index in [2.05, 4.69) is 21.3 Å². The highest BCUT2D eigenvalue weighted by molar-refractivity contribution is 5.85. The van der Waals surface area contributed by atoms with Crippen molar-refractivity contribution in [2.45, 2.75) is 26.7 Å². The van der Waals surface area contributed by atoms with Crippen molar-refractivity contribution in [1.82, 2.24) is 15.2 Å². The molecule has 4 rings (SSSR count). The van der Waals surface area contributed by atoms with Crippen molar-refractivity contribution in [3.63, 3.8) is 0 Å². The highest BCUT2D eigenvalue weighted by atomic mass is 16.5. The molecule has 7 nitrogen and oxygen atoms in total. The van der Waals surface area contributed by atoms with Crippen LogP contribution in [-0.2, 0) is 0 Å². The van der Waals surface area contributed by atoms with Gasteiger partial charge in [0, 0.05) is 22.2 Å². The molecule has 1 aliphatic heterocycles. The van der Waals surface area contributed by atoms with Crippen LogP contribution in [0.3, 0.4) is 0 Å². The second kappa shape index (κ2) is 5.49. The Labute approximate surface area is 149 Å². The van der Waals surface area contributed by atoms with E-state index in [0.717, 1.165) is 27.7 Å². The molecule has 3 heterocycles. The number of nitriles is 1. The largest absolute Gasteiger partial charge is 0.420 e. The minimum atomic E-state index is -0.629. The lowest BCUT2D eigenvalue weighted by atomic mass is 9.84. The predicted octanol–water partition coefficient (Wildman–Crippen LogP) is 2.39. The number of H-pyrrole nitrogens is 2. The van der Waals surface area contributed by atoms with Crippen molar-refractivity contribution >= 4 is 10.9 Å². The summed E-state index contributed by atoms with van der Waals surface area (Å²) in [5, 5.41) is 17.5. The number of rotatable bonds is 1. The number of nitrogens with one attached hydrogen (secondary N) is 2. The van der Waals surface area contributed by atoms with Gasteiger partial charge in [-0.1, -0.05) is 12.1 Å². The standard InChI is InChI=1S/C19H17N5O2/c1-8-4-5-9(2)16-11(8)6-12(18(25)22-16)15-13(7-20)17(21)26-19-14(15)10(3)23-24-19/h4-6,15H,21H2,1-3H3,(H,22,25)(H,23,24). The Hall–Kier alpha value is -3.53. The first-order valence-electron chi connectivity index (χ1n) is 8.18. The number of fused-ring (bicyclic) bond motifs is 2. The molecule has 0 amide bonds. The van der Waals surface area contributed by atoms with Gasteiger partial charge in [-0.25, -0.2) is 0 Å². The van der Waals surface area contributed by atoms with E-state index in [1.807, 2.05) is 39.0 Å². The minimum Gasteiger partial charge on any atom is -0.420 e. The molecule has 26 heavy (non-hydrogen) atoms. The lowest BCUT2D eigenvalue weighted by Crippen LogP contribution is -2.25. The van der Waals surface area contributed by atoms with Gasteiger partial charge in [-0.2, -0.15) is 5.26 Å². The molecule has 0 radical (unpaired) electrons. The Kier molecular flexibility index (Phi) is 3.37. The van der Waals surface area contributed by atoms with Gasteiger partial charge in [-0.15, -0.1) is 5.10 Å². The van der Waals surface area contributed by atoms with E-state index >= 15 is 0 Å². The molecule has 130 valence electrons. The van der Waals surface area contributed by atoms with Crippen LogP contribution < -0.4 is 16.0 Å². The first kappa shape index (κ1) is 16.0. The molecule has 4 N–H and O–H groups in total. The lowest BCUT2D eigenvalue weighted by Gasteiger charge is -2.23. The summed E-state index contributed by atoms with van der Waals surface area (Å²) in [6.45, 7) is 5.75. The number of hydrogen-bond donors (Lipinski definition) is 3. The maximum atomic E-state index is 12.9. The van der Waals surface area contributed by atoms with Gasteiger partial charge < -0.3 is 15.5 Å². The van der Waals surface area contributed by atoms with Gasteiger partial charge in [0.15, 0.2) is 0 Å². The lowest BCUT2D eigenvalue weighted by molar-refractivity contribution is 0.378. The maximum Gasteiger partial charge on any atom is 0.252 e. The molecule has 7 heteroatoms. The Balaban J connectivity index is 2.07. The van der Waals surface area contributed by atoms with Gasteiger partial charge in [-0.3, -0.25) is 9.89 Å². The zero-order valence-corrected chi connectivity index (χ0v) is 14.6. The minimum absolute atomic E-state index is 0.0306. The van der Waals surface area contributed by atoms with Gasteiger partial charge in [0.05, 0.1) is 11.4 Å². The Morgan fingerprint density at radius 3 is 2.73 bits per heavy atom. The molecule has 0 aliphatic carbocycles. The van der Waals surface area contributed by atoms with E-state index in [9.17, 15) is 10.1 Å². The fourth-order valence-electron chi connectivity index (χ4n) is 3.52. The quantitative estimate of drug-likeness (QED) is 0.624. The van der Waals surface area contributed by atoms with Crippen LogP contribution in [0.25, 0.3) is 10.9 Å². The zero-order valence-electron chi connectivity index (χ0n) is 14.6. The van der Waals surface area contributed by atoms with E-state index in [4.69, 9.17) is 10.5 Å². The second-order valence-corrected chi connectivity index (χ2v) is 6.53. The van der Waals surface area contributed by atoms with E-state index < -0.39 is 5.92 Å². The second-order valence-electron chi connectivity index (χ2n) is 6.53. The highest BCUT2D eigenvalue weighted by Crippen LogP contribution is 2.42. The summed E-state index contributed by atoms with van der Waals surface area (Å²) in [4.78, 5) is 15.9. The van der Waals surface area contributed by atoms with Gasteiger partial charge in [0.25, 0.3) is 5.56 Å². The van der Waals surface area contributed by atoms with Crippen molar-refractivity contribution < 1.29 is 4.74 Å². The summed E-state index contributed by atoms with van der Waals surface area (Å²) in [6.07, 6.45) is 0. The molecule has 0 bridgehead atoms. The molecule has 0 saturated carbocycles. The smallest absolute Gasteiger partial charge is 0.252 e. The van der Waals surface area contributed by atoms with Crippen molar-refractivity contribution in [3.05, 3.63) is 68.0 Å². The van der Waals surface area contributed by atoms with E-state index in [-0.39, 0.29) is 17.0 Å². The highest BCUT2D eigenvalue weighted by Gasteiger charge is 2.35. The summed E-state index contributed by atoms with van der Waals surface area (Å²) in [7, 11) is 0. The van der Waals surface area contributed by atoms with Crippen molar-refractivity contribution in [2.24, 2.45) is 5.73 Å². The number of aryl methyl sites for hydroxylation is 3. The number of nitrogens with zero attached hydrogens (tertiary/aromatic N) is 2. The molecule has 1 unspecified atom stereocenters. The first-order valence-corrected chi connectivity index (χ1v) is 8.18. The van der Waals surface area contributed by atoms with Gasteiger partial charge >= 0.3 is 0 Å². The molecule has 0 fully saturated rings. The average molecular weight is 347 g/mol. The third-order valence-electron chi connectivity index (χ3n) is 4.91. The zero-order chi connectivity index (χ0) is 18.6. The SMILES string of the molecule is Cc1[nH]nc2c1C(c1cc3c(C)ccc(C)c3[nH]c1=O)C(C#N)=C(N)O2. The van der Waals surface area contributed by atoms with Crippen molar-refractivity contribution in [2.75, 3.05) is 0 Å². The molecule has 0 spiro atoms. The summed E-state index contributed by atoms with van der Waals surface area (Å²) < 4.78 is 5.46. The normalized spacial score (nSPS) is 16.3. The fourth-order valence-corrected chi connectivity index (χ4v) is 3.52. The number of aromatic nitrogens is 3. The van der Waals surface area contributed by atoms with Crippen LogP contribution in [0.1, 0.15) is 33.9 Å². The van der Waals surface area contributed by atoms with Crippen LogP contribution in [-0.4, -0.2) is 15.2 Å². The Morgan fingerprint density at radius 2 is 2.00 bits per heavy atom. The van der Waals surface area contributed by atoms with Gasteiger partial charge in [0.2, 0.25) is 11.8 Å². The number of aromatic amines is 2. The van der Waals surface area contributed by atoms with Crippen LogP contribution in [0.4, 0.5) is 0 Å². The molecule has 1 aromatic carbocycles. The average Bonchev–Trinajstić information content (AvgIpc) is 2.97. The van der Waals surface area contributed by atoms with E-state index in [1.165, 1.54) is 0 Å². The third-order valence-corrected chi connectivity index (χ3v) is 4.91. The fraction of sp³-hybridized carbons (Fsp3) is 0.211. The molecule has 0 saturated heterocycles. The predicted molar refractivity (Wildman–Crippen MR) is 96.7 cm³/mol. The topological polar surface area (TPSA) is 121 Å². The monoisotopic (exact) mass is 347 g/mol. The van der Waals surface area contributed by atoms with E-state index in [1.54, 1.807) is 0 Å². The number of benzene rings is 1. The van der Waals surface area contributed by atoms with E-state index in [0.29, 0.717) is 17.0 Å². The number of pyridine rings is 1. The number of allylic oxidation sites excluding steroid dienone is 1. The molecule has 1 aliphatic rings. The molecule has 3 aromatic rings. The summed E-state index contributed by atoms with van der Waals surface area (Å²) in [5.74, 6) is -0.364. The summed E-state index contributed by atoms with van der Waals surface area (Å²) in [5.41, 5.74) is 10.5. The molecular weight excluding hydrogens is 330 g/mol. The first-order chi connectivity index (χ1) is 12.4. The molecular formula is C19H17N5O2. The maximum absolute atomic E-state index is 12.9. The molecule has 1 atom stereocenters. The number of ether oxygens (including phenoxy) is 1. The Morgan fingerprint density at radius 1 is 1.27 bits per heavy atom. The van der Waals surface area contributed by atoms with Crippen molar-refractivity contribution in [3.8, 4) is 11.9 Å². The number of hydrogen-bond acceptors (Lipinski definition) is 5. The molecule has 2 aromatic heterocycles. The summed E-state index contributed by atoms with van der Waals surface area (Å²) in [6, 6.07) is 7.92. The van der Waals surface area contributed by atoms with Crippen molar-refractivity contribution in [1.29, 1.82) is 5.26 Å². The van der Waals surface area contributed by atoms with Gasteiger partial charge in [0.1, 0.15) is 11.6 Å². The van der Waals surface area contributed by atoms with Crippen LogP contribution >= 0.6 is 0 Å². The van der Waals surface area contributed by atoms with Gasteiger partial charge in [-0.05, 0) is 38.0 Å². The summed E-state index contributed by atoms with van der Waals surface area (Å²) >= 11 is 0. The number of nitrogens with two attached hydrogens (primary N) is 1. The van der Waals surface area contributed by atoms with Crippen LogP contribution in [0.2, 0.25) is 0 Å². The van der Waals surface area contributed by atoms with Crippen LogP contribution in [0, 0.1) is 32.1 Å². The third kappa shape index (κ3) is 2.12. The van der Waals surface area contributed by atoms with Crippen LogP contribution in [0.15, 0.2) is 34.4 Å². The van der Waals surface area contributed by atoms with Crippen LogP contribution in [0.5, 0.6) is 5.88 Å².